The van der Waals surface area contributed by atoms with Gasteiger partial charge in [0.05, 0.1) is 16.6 Å². The zero-order chi connectivity index (χ0) is 12.3. The van der Waals surface area contributed by atoms with Crippen LogP contribution in [0.3, 0.4) is 0 Å². The largest absolute Gasteiger partial charge is 0.358 e. The molecule has 1 aromatic rings. The van der Waals surface area contributed by atoms with Crippen LogP contribution >= 0.6 is 34.8 Å². The fourth-order valence-corrected chi connectivity index (χ4v) is 1.71. The topological polar surface area (TPSA) is 45.2 Å². The lowest BCUT2D eigenvalue weighted by Gasteiger charge is -2.18. The van der Waals surface area contributed by atoms with Crippen molar-refractivity contribution < 1.29 is 4.79 Å². The van der Waals surface area contributed by atoms with Crippen LogP contribution in [0.5, 0.6) is 0 Å². The summed E-state index contributed by atoms with van der Waals surface area (Å²) in [6.07, 6.45) is 0. The van der Waals surface area contributed by atoms with E-state index in [1.54, 1.807) is 19.0 Å². The molecule has 16 heavy (non-hydrogen) atoms. The summed E-state index contributed by atoms with van der Waals surface area (Å²) >= 11 is 17.5. The van der Waals surface area contributed by atoms with Gasteiger partial charge in [-0.25, -0.2) is 4.98 Å². The van der Waals surface area contributed by atoms with Gasteiger partial charge in [-0.1, -0.05) is 34.8 Å². The molecule has 1 rings (SSSR count). The zero-order valence-electron chi connectivity index (χ0n) is 8.72. The fraction of sp³-hybridized carbons (Fsp3) is 0.333. The van der Waals surface area contributed by atoms with Crippen LogP contribution in [0.25, 0.3) is 0 Å². The summed E-state index contributed by atoms with van der Waals surface area (Å²) in [6.45, 7) is 0.140. The molecular weight excluding hydrogens is 272 g/mol. The van der Waals surface area contributed by atoms with E-state index in [1.807, 2.05) is 0 Å². The number of halogens is 3. The van der Waals surface area contributed by atoms with Gasteiger partial charge in [0, 0.05) is 14.1 Å². The minimum absolute atomic E-state index is 0.140. The van der Waals surface area contributed by atoms with E-state index in [1.165, 1.54) is 6.07 Å². The number of rotatable bonds is 3. The molecule has 0 radical (unpaired) electrons. The normalized spacial score (nSPS) is 10.1. The monoisotopic (exact) mass is 281 g/mol. The average molecular weight is 283 g/mol. The molecule has 1 heterocycles. The van der Waals surface area contributed by atoms with Crippen molar-refractivity contribution in [2.45, 2.75) is 0 Å². The molecule has 1 aromatic heterocycles. The van der Waals surface area contributed by atoms with Crippen molar-refractivity contribution >= 4 is 46.5 Å². The number of pyridine rings is 1. The van der Waals surface area contributed by atoms with Crippen LogP contribution in [0.4, 0.5) is 5.82 Å². The first-order chi connectivity index (χ1) is 7.45. The highest BCUT2D eigenvalue weighted by atomic mass is 35.5. The van der Waals surface area contributed by atoms with Crippen LogP contribution in [-0.2, 0) is 4.79 Å². The maximum absolute atomic E-state index is 11.2. The molecule has 0 saturated heterocycles. The lowest BCUT2D eigenvalue weighted by atomic mass is 10.4. The van der Waals surface area contributed by atoms with Gasteiger partial charge in [-0.3, -0.25) is 4.79 Å². The molecule has 0 aliphatic rings. The molecule has 0 aliphatic carbocycles. The fourth-order valence-electron chi connectivity index (χ4n) is 1.07. The van der Waals surface area contributed by atoms with Gasteiger partial charge in [0.15, 0.2) is 0 Å². The third-order valence-corrected chi connectivity index (χ3v) is 2.84. The molecule has 7 heteroatoms. The number of nitrogens with one attached hydrogen (secondary N) is 1. The molecule has 1 amide bonds. The molecule has 88 valence electrons. The van der Waals surface area contributed by atoms with Gasteiger partial charge >= 0.3 is 0 Å². The second-order valence-corrected chi connectivity index (χ2v) is 4.27. The highest BCUT2D eigenvalue weighted by molar-refractivity contribution is 6.42. The molecule has 4 nitrogen and oxygen atoms in total. The smallest absolute Gasteiger partial charge is 0.239 e. The first kappa shape index (κ1) is 13.4. The van der Waals surface area contributed by atoms with Crippen LogP contribution in [0.15, 0.2) is 6.07 Å². The Morgan fingerprint density at radius 3 is 2.62 bits per heavy atom. The Hall–Kier alpha value is -0.710. The molecule has 0 aromatic carbocycles. The van der Waals surface area contributed by atoms with Gasteiger partial charge in [0.2, 0.25) is 5.91 Å². The number of carbonyl (C=O) groups excluding carboxylic acids is 1. The predicted octanol–water partition coefficient (Wildman–Crippen LogP) is 2.22. The molecule has 0 saturated carbocycles. The van der Waals surface area contributed by atoms with E-state index >= 15 is 0 Å². The molecule has 1 N–H and O–H groups in total. The summed E-state index contributed by atoms with van der Waals surface area (Å²) in [5, 5.41) is 3.29. The average Bonchev–Trinajstić information content (AvgIpc) is 2.23. The van der Waals surface area contributed by atoms with Crippen molar-refractivity contribution in [1.29, 1.82) is 0 Å². The third kappa shape index (κ3) is 3.14. The Morgan fingerprint density at radius 2 is 2.06 bits per heavy atom. The number of nitrogens with zero attached hydrogens (tertiary/aromatic N) is 2. The second kappa shape index (κ2) is 5.57. The Labute approximate surface area is 108 Å². The van der Waals surface area contributed by atoms with Crippen LogP contribution in [0.1, 0.15) is 0 Å². The summed E-state index contributed by atoms with van der Waals surface area (Å²) < 4.78 is 0. The lowest BCUT2D eigenvalue weighted by molar-refractivity contribution is -0.119. The van der Waals surface area contributed by atoms with E-state index in [2.05, 4.69) is 10.3 Å². The Balaban J connectivity index is 2.95. The van der Waals surface area contributed by atoms with Crippen LogP contribution < -0.4 is 10.2 Å². The minimum Gasteiger partial charge on any atom is -0.358 e. The van der Waals surface area contributed by atoms with Gasteiger partial charge in [-0.05, 0) is 6.07 Å². The highest BCUT2D eigenvalue weighted by Gasteiger charge is 2.13. The van der Waals surface area contributed by atoms with Crippen LogP contribution in [0, 0.1) is 0 Å². The van der Waals surface area contributed by atoms with Gasteiger partial charge in [0.1, 0.15) is 11.0 Å². The van der Waals surface area contributed by atoms with E-state index in [4.69, 9.17) is 34.8 Å². The van der Waals surface area contributed by atoms with Gasteiger partial charge in [-0.2, -0.15) is 0 Å². The van der Waals surface area contributed by atoms with E-state index in [0.717, 1.165) is 0 Å². The molecule has 0 spiro atoms. The van der Waals surface area contributed by atoms with Crippen LogP contribution in [0.2, 0.25) is 15.2 Å². The maximum Gasteiger partial charge on any atom is 0.239 e. The summed E-state index contributed by atoms with van der Waals surface area (Å²) in [5.74, 6) is 0.270. The van der Waals surface area contributed by atoms with E-state index in [9.17, 15) is 4.79 Å². The number of amides is 1. The first-order valence-electron chi connectivity index (χ1n) is 4.39. The Bertz CT molecular complexity index is 411. The second-order valence-electron chi connectivity index (χ2n) is 3.10. The maximum atomic E-state index is 11.2. The van der Waals surface area contributed by atoms with Crippen molar-refractivity contribution in [1.82, 2.24) is 10.3 Å². The number of aromatic nitrogens is 1. The standard InChI is InChI=1S/C9H10Cl3N3O/c1-13-7(16)4-15(2)9-6(11)3-5(10)8(12)14-9/h3H,4H2,1-2H3,(H,13,16). The summed E-state index contributed by atoms with van der Waals surface area (Å²) in [6, 6.07) is 1.49. The van der Waals surface area contributed by atoms with Crippen molar-refractivity contribution in [2.24, 2.45) is 0 Å². The first-order valence-corrected chi connectivity index (χ1v) is 5.52. The van der Waals surface area contributed by atoms with Crippen molar-refractivity contribution in [3.05, 3.63) is 21.3 Å². The lowest BCUT2D eigenvalue weighted by Crippen LogP contribution is -2.33. The van der Waals surface area contributed by atoms with E-state index in [-0.39, 0.29) is 22.6 Å². The minimum atomic E-state index is -0.147. The molecular formula is C9H10Cl3N3O. The summed E-state index contributed by atoms with van der Waals surface area (Å²) in [4.78, 5) is 16.8. The van der Waals surface area contributed by atoms with Gasteiger partial charge in [0.25, 0.3) is 0 Å². The number of hydrogen-bond acceptors (Lipinski definition) is 3. The summed E-state index contributed by atoms with van der Waals surface area (Å²) in [5.41, 5.74) is 0. The molecule has 0 aliphatic heterocycles. The quantitative estimate of drug-likeness (QED) is 0.865. The highest BCUT2D eigenvalue weighted by Crippen LogP contribution is 2.30. The Morgan fingerprint density at radius 1 is 1.44 bits per heavy atom. The Kier molecular flexibility index (Phi) is 4.65. The SMILES string of the molecule is CNC(=O)CN(C)c1nc(Cl)c(Cl)cc1Cl. The third-order valence-electron chi connectivity index (χ3n) is 1.89. The van der Waals surface area contributed by atoms with Gasteiger partial charge < -0.3 is 10.2 Å². The molecule has 0 fully saturated rings. The molecule has 0 unspecified atom stereocenters. The van der Waals surface area contributed by atoms with E-state index in [0.29, 0.717) is 10.8 Å². The number of hydrogen-bond donors (Lipinski definition) is 1. The van der Waals surface area contributed by atoms with Crippen molar-refractivity contribution in [2.75, 3.05) is 25.5 Å². The molecule has 0 atom stereocenters. The zero-order valence-corrected chi connectivity index (χ0v) is 11.0. The number of anilines is 1. The molecule has 0 bridgehead atoms. The van der Waals surface area contributed by atoms with E-state index < -0.39 is 0 Å². The van der Waals surface area contributed by atoms with Crippen LogP contribution in [-0.4, -0.2) is 31.5 Å². The number of likely N-dealkylation sites (N-methyl/N-ethyl adjacent to an activating group) is 2. The predicted molar refractivity (Wildman–Crippen MR) is 66.6 cm³/mol. The number of carbonyl (C=O) groups is 1. The van der Waals surface area contributed by atoms with Gasteiger partial charge in [-0.15, -0.1) is 0 Å². The summed E-state index contributed by atoms with van der Waals surface area (Å²) in [7, 11) is 3.24. The van der Waals surface area contributed by atoms with Crippen molar-refractivity contribution in [3.8, 4) is 0 Å². The van der Waals surface area contributed by atoms with Crippen molar-refractivity contribution in [3.63, 3.8) is 0 Å².